The highest BCUT2D eigenvalue weighted by atomic mass is 28.3. The van der Waals surface area contributed by atoms with E-state index in [0.717, 1.165) is 0 Å². The van der Waals surface area contributed by atoms with Crippen molar-refractivity contribution in [1.29, 1.82) is 0 Å². The second-order valence-corrected chi connectivity index (χ2v) is 17.5. The van der Waals surface area contributed by atoms with Gasteiger partial charge in [0.05, 0.1) is 0 Å². The molecule has 0 amide bonds. The van der Waals surface area contributed by atoms with Crippen LogP contribution in [0.25, 0.3) is 0 Å². The molecule has 2 aromatic rings. The van der Waals surface area contributed by atoms with Gasteiger partial charge in [0.25, 0.3) is 0 Å². The fourth-order valence-electron chi connectivity index (χ4n) is 3.72. The Morgan fingerprint density at radius 1 is 0.593 bits per heavy atom. The van der Waals surface area contributed by atoms with E-state index in [1.807, 2.05) is 0 Å². The third kappa shape index (κ3) is 5.08. The summed E-state index contributed by atoms with van der Waals surface area (Å²) in [6.45, 7) is 9.76. The van der Waals surface area contributed by atoms with Crippen molar-refractivity contribution in [2.75, 3.05) is 0 Å². The fourth-order valence-corrected chi connectivity index (χ4v) is 7.44. The van der Waals surface area contributed by atoms with Crippen LogP contribution in [0.5, 0.6) is 0 Å². The monoisotopic (exact) mass is 388 g/mol. The zero-order chi connectivity index (χ0) is 19.3. The average Bonchev–Trinajstić information content (AvgIpc) is 3.14. The molecule has 0 radical (unpaired) electrons. The Labute approximate surface area is 167 Å². The van der Waals surface area contributed by atoms with Gasteiger partial charge in [0.15, 0.2) is 0 Å². The van der Waals surface area contributed by atoms with E-state index >= 15 is 0 Å². The van der Waals surface area contributed by atoms with Crippen LogP contribution < -0.4 is 10.4 Å². The molecule has 27 heavy (non-hydrogen) atoms. The summed E-state index contributed by atoms with van der Waals surface area (Å²) in [5.41, 5.74) is 8.16. The van der Waals surface area contributed by atoms with Crippen LogP contribution in [0.3, 0.4) is 0 Å². The largest absolute Gasteiger partial charge is 0.104 e. The first kappa shape index (κ1) is 19.8. The highest BCUT2D eigenvalue weighted by Gasteiger charge is 2.22. The highest BCUT2D eigenvalue weighted by Crippen LogP contribution is 2.29. The second-order valence-electron chi connectivity index (χ2n) is 8.75. The molecule has 0 bridgehead atoms. The smallest absolute Gasteiger partial charge is 0.0900 e. The number of hydrogen-bond acceptors (Lipinski definition) is 0. The van der Waals surface area contributed by atoms with Gasteiger partial charge in [-0.1, -0.05) is 121 Å². The van der Waals surface area contributed by atoms with Gasteiger partial charge in [-0.25, -0.2) is 0 Å². The molecule has 0 saturated heterocycles. The normalized spacial score (nSPS) is 16.0. The summed E-state index contributed by atoms with van der Waals surface area (Å²) in [6, 6.07) is 22.0. The van der Waals surface area contributed by atoms with Crippen LogP contribution in [-0.4, -0.2) is 16.1 Å². The lowest BCUT2D eigenvalue weighted by Crippen LogP contribution is -2.39. The van der Waals surface area contributed by atoms with Crippen LogP contribution >= 0.6 is 0 Å². The van der Waals surface area contributed by atoms with Crippen molar-refractivity contribution in [2.24, 2.45) is 0 Å². The van der Waals surface area contributed by atoms with Crippen molar-refractivity contribution in [3.63, 3.8) is 0 Å². The lowest BCUT2D eigenvalue weighted by Gasteiger charge is -2.19. The molecule has 140 valence electrons. The molecule has 0 fully saturated rings. The molecule has 0 aromatic heterocycles. The number of hydrogen-bond donors (Lipinski definition) is 0. The van der Waals surface area contributed by atoms with Gasteiger partial charge in [-0.15, -0.1) is 0 Å². The third-order valence-corrected chi connectivity index (χ3v) is 11.4. The Morgan fingerprint density at radius 2 is 0.963 bits per heavy atom. The Morgan fingerprint density at radius 3 is 1.33 bits per heavy atom. The van der Waals surface area contributed by atoms with E-state index in [4.69, 9.17) is 0 Å². The van der Waals surface area contributed by atoms with E-state index < -0.39 is 16.1 Å². The molecule has 1 aliphatic rings. The maximum Gasteiger partial charge on any atom is 0.104 e. The summed E-state index contributed by atoms with van der Waals surface area (Å²) >= 11 is 0. The van der Waals surface area contributed by atoms with Crippen molar-refractivity contribution < 1.29 is 0 Å². The van der Waals surface area contributed by atoms with Gasteiger partial charge < -0.3 is 0 Å². The molecular weight excluding hydrogens is 356 g/mol. The molecule has 0 heterocycles. The maximum absolute atomic E-state index is 2.52. The average molecular weight is 389 g/mol. The van der Waals surface area contributed by atoms with Crippen molar-refractivity contribution in [3.05, 3.63) is 95.4 Å². The van der Waals surface area contributed by atoms with Crippen LogP contribution in [0.15, 0.2) is 95.4 Å². The lowest BCUT2D eigenvalue weighted by molar-refractivity contribution is 0.906. The molecule has 3 rings (SSSR count). The molecular formula is C25H32Si2. The molecule has 0 spiro atoms. The summed E-state index contributed by atoms with van der Waals surface area (Å²) in [5, 5.41) is 3.02. The molecule has 2 aromatic carbocycles. The van der Waals surface area contributed by atoms with Gasteiger partial charge in [-0.3, -0.25) is 0 Å². The molecule has 2 heteroatoms. The molecule has 0 N–H and O–H groups in total. The molecule has 0 nitrogen and oxygen atoms in total. The number of allylic oxidation sites excluding steroid dienone is 4. The standard InChI is InChI=1S/C25H32Si2/c1-26(2,24-14-7-5-8-15-24)20-18-22-12-11-13-23(22)19-21-27(3,4)25-16-9-6-10-17-25/h5-10,14-21H,11-13H2,1-4H3/b20-18+,21-19+. The van der Waals surface area contributed by atoms with Gasteiger partial charge >= 0.3 is 0 Å². The molecule has 0 aliphatic heterocycles. The van der Waals surface area contributed by atoms with E-state index in [-0.39, 0.29) is 0 Å². The Bertz CT molecular complexity index is 769. The Hall–Kier alpha value is -1.91. The SMILES string of the molecule is C[Si](C)(/C=C/C1=C(/C=C/[Si](C)(C)c2ccccc2)CCC1)c1ccccc1. The van der Waals surface area contributed by atoms with Crippen molar-refractivity contribution in [2.45, 2.75) is 45.5 Å². The summed E-state index contributed by atoms with van der Waals surface area (Å²) in [4.78, 5) is 0. The minimum Gasteiger partial charge on any atom is -0.0900 e. The summed E-state index contributed by atoms with van der Waals surface area (Å²) in [5.74, 6) is 0. The summed E-state index contributed by atoms with van der Waals surface area (Å²) in [7, 11) is -3.04. The van der Waals surface area contributed by atoms with E-state index in [9.17, 15) is 0 Å². The van der Waals surface area contributed by atoms with Crippen LogP contribution in [0.1, 0.15) is 19.3 Å². The van der Waals surface area contributed by atoms with E-state index in [0.29, 0.717) is 0 Å². The van der Waals surface area contributed by atoms with Crippen molar-refractivity contribution in [3.8, 4) is 0 Å². The molecule has 0 atom stereocenters. The first-order valence-electron chi connectivity index (χ1n) is 10.1. The first-order valence-corrected chi connectivity index (χ1v) is 16.3. The fraction of sp³-hybridized carbons (Fsp3) is 0.280. The molecule has 0 unspecified atom stereocenters. The minimum absolute atomic E-state index is 1.22. The van der Waals surface area contributed by atoms with Crippen molar-refractivity contribution >= 4 is 26.5 Å². The maximum atomic E-state index is 2.52. The predicted molar refractivity (Wildman–Crippen MR) is 126 cm³/mol. The highest BCUT2D eigenvalue weighted by molar-refractivity contribution is 6.94. The zero-order valence-electron chi connectivity index (χ0n) is 17.2. The number of benzene rings is 2. The molecule has 1 aliphatic carbocycles. The zero-order valence-corrected chi connectivity index (χ0v) is 19.2. The predicted octanol–water partition coefficient (Wildman–Crippen LogP) is 5.89. The second kappa shape index (κ2) is 8.41. The van der Waals surface area contributed by atoms with Gasteiger partial charge in [-0.05, 0) is 30.4 Å². The Balaban J connectivity index is 1.80. The third-order valence-electron chi connectivity index (χ3n) is 5.74. The summed E-state index contributed by atoms with van der Waals surface area (Å²) in [6.07, 6.45) is 8.64. The van der Waals surface area contributed by atoms with Gasteiger partial charge in [-0.2, -0.15) is 0 Å². The van der Waals surface area contributed by atoms with Gasteiger partial charge in [0.2, 0.25) is 0 Å². The van der Waals surface area contributed by atoms with Gasteiger partial charge in [0, 0.05) is 0 Å². The van der Waals surface area contributed by atoms with Crippen LogP contribution in [0.4, 0.5) is 0 Å². The van der Waals surface area contributed by atoms with E-state index in [1.165, 1.54) is 29.6 Å². The van der Waals surface area contributed by atoms with Crippen LogP contribution in [0, 0.1) is 0 Å². The minimum atomic E-state index is -1.52. The van der Waals surface area contributed by atoms with Gasteiger partial charge in [0.1, 0.15) is 16.1 Å². The topological polar surface area (TPSA) is 0 Å². The quantitative estimate of drug-likeness (QED) is 0.541. The summed E-state index contributed by atoms with van der Waals surface area (Å²) < 4.78 is 0. The Kier molecular flexibility index (Phi) is 6.18. The molecule has 0 saturated carbocycles. The van der Waals surface area contributed by atoms with Crippen LogP contribution in [-0.2, 0) is 0 Å². The van der Waals surface area contributed by atoms with Crippen LogP contribution in [0.2, 0.25) is 26.2 Å². The van der Waals surface area contributed by atoms with Crippen molar-refractivity contribution in [1.82, 2.24) is 0 Å². The lowest BCUT2D eigenvalue weighted by atomic mass is 10.1. The van der Waals surface area contributed by atoms with E-state index in [2.05, 4.69) is 110 Å². The van der Waals surface area contributed by atoms with E-state index in [1.54, 1.807) is 11.1 Å². The first-order chi connectivity index (χ1) is 12.9. The number of rotatable bonds is 6.